The molecule has 0 spiro atoms. The molecule has 7 heteroatoms. The van der Waals surface area contributed by atoms with Gasteiger partial charge in [-0.25, -0.2) is 0 Å². The molecule has 4 rings (SSSR count). The predicted octanol–water partition coefficient (Wildman–Crippen LogP) is 6.07. The molecule has 0 aliphatic heterocycles. The van der Waals surface area contributed by atoms with Crippen LogP contribution >= 0.6 is 23.4 Å². The van der Waals surface area contributed by atoms with Gasteiger partial charge in [-0.15, -0.1) is 11.8 Å². The molecule has 0 bridgehead atoms. The summed E-state index contributed by atoms with van der Waals surface area (Å²) in [6.45, 7) is 4.99. The number of amides is 2. The number of nitrogens with one attached hydrogen (secondary N) is 2. The van der Waals surface area contributed by atoms with E-state index in [9.17, 15) is 9.59 Å². The topological polar surface area (TPSA) is 63.1 Å². The van der Waals surface area contributed by atoms with Crippen LogP contribution in [-0.4, -0.2) is 28.7 Å². The van der Waals surface area contributed by atoms with Crippen LogP contribution in [0.1, 0.15) is 21.5 Å². The van der Waals surface area contributed by atoms with Gasteiger partial charge < -0.3 is 15.2 Å². The summed E-state index contributed by atoms with van der Waals surface area (Å²) in [5, 5.41) is 7.62. The first-order chi connectivity index (χ1) is 16.4. The third-order valence-electron chi connectivity index (χ3n) is 5.59. The van der Waals surface area contributed by atoms with E-state index in [2.05, 4.69) is 27.3 Å². The minimum absolute atomic E-state index is 0.0722. The molecule has 4 aromatic rings. The second-order valence-electron chi connectivity index (χ2n) is 8.08. The van der Waals surface area contributed by atoms with E-state index in [-0.39, 0.29) is 17.6 Å². The fourth-order valence-electron chi connectivity index (χ4n) is 3.74. The molecule has 0 aliphatic carbocycles. The van der Waals surface area contributed by atoms with Crippen molar-refractivity contribution in [1.82, 2.24) is 9.88 Å². The molecule has 1 aromatic heterocycles. The second kappa shape index (κ2) is 10.8. The molecule has 5 nitrogen and oxygen atoms in total. The summed E-state index contributed by atoms with van der Waals surface area (Å²) in [6.07, 6.45) is 2.05. The Morgan fingerprint density at radius 3 is 2.53 bits per heavy atom. The van der Waals surface area contributed by atoms with Crippen molar-refractivity contribution in [2.24, 2.45) is 0 Å². The molecule has 0 radical (unpaired) electrons. The minimum Gasteiger partial charge on any atom is -0.350 e. The van der Waals surface area contributed by atoms with Crippen molar-refractivity contribution in [3.05, 3.63) is 94.6 Å². The van der Waals surface area contributed by atoms with Crippen LogP contribution in [0, 0.1) is 13.8 Å². The lowest BCUT2D eigenvalue weighted by Gasteiger charge is -2.09. The van der Waals surface area contributed by atoms with E-state index >= 15 is 0 Å². The quantitative estimate of drug-likeness (QED) is 0.294. The lowest BCUT2D eigenvalue weighted by Crippen LogP contribution is -2.27. The number of hydrogen-bond acceptors (Lipinski definition) is 3. The zero-order valence-corrected chi connectivity index (χ0v) is 20.7. The van der Waals surface area contributed by atoms with Crippen molar-refractivity contribution in [3.63, 3.8) is 0 Å². The summed E-state index contributed by atoms with van der Waals surface area (Å²) in [6, 6.07) is 21.1. The van der Waals surface area contributed by atoms with Crippen LogP contribution in [0.4, 0.5) is 5.69 Å². The number of aryl methyl sites for hydroxylation is 2. The van der Waals surface area contributed by atoms with Gasteiger partial charge in [0.05, 0.1) is 5.75 Å². The van der Waals surface area contributed by atoms with Crippen molar-refractivity contribution >= 4 is 51.8 Å². The van der Waals surface area contributed by atoms with Gasteiger partial charge in [-0.2, -0.15) is 0 Å². The highest BCUT2D eigenvalue weighted by Crippen LogP contribution is 2.30. The number of anilines is 1. The maximum absolute atomic E-state index is 12.5. The van der Waals surface area contributed by atoms with Gasteiger partial charge in [0, 0.05) is 51.4 Å². The molecule has 2 N–H and O–H groups in total. The van der Waals surface area contributed by atoms with Gasteiger partial charge >= 0.3 is 0 Å². The Kier molecular flexibility index (Phi) is 7.60. The highest BCUT2D eigenvalue weighted by molar-refractivity contribution is 8.00. The number of hydrogen-bond donors (Lipinski definition) is 2. The first kappa shape index (κ1) is 23.9. The van der Waals surface area contributed by atoms with Crippen LogP contribution in [0.25, 0.3) is 10.9 Å². The van der Waals surface area contributed by atoms with Crippen molar-refractivity contribution in [2.75, 3.05) is 17.6 Å². The number of nitrogens with zero attached hydrogens (tertiary/aromatic N) is 1. The Morgan fingerprint density at radius 2 is 1.74 bits per heavy atom. The summed E-state index contributed by atoms with van der Waals surface area (Å²) in [7, 11) is 0. The average molecular weight is 492 g/mol. The molecule has 0 saturated carbocycles. The lowest BCUT2D eigenvalue weighted by molar-refractivity contribution is -0.113. The molecule has 0 saturated heterocycles. The summed E-state index contributed by atoms with van der Waals surface area (Å²) in [4.78, 5) is 26.0. The van der Waals surface area contributed by atoms with E-state index in [1.807, 2.05) is 68.6 Å². The number of aromatic nitrogens is 1. The smallest absolute Gasteiger partial charge is 0.251 e. The van der Waals surface area contributed by atoms with Crippen molar-refractivity contribution in [1.29, 1.82) is 0 Å². The maximum Gasteiger partial charge on any atom is 0.251 e. The first-order valence-corrected chi connectivity index (χ1v) is 12.4. The Balaban J connectivity index is 1.39. The summed E-state index contributed by atoms with van der Waals surface area (Å²) < 4.78 is 2.12. The van der Waals surface area contributed by atoms with Crippen LogP contribution < -0.4 is 10.6 Å². The van der Waals surface area contributed by atoms with Gasteiger partial charge in [0.2, 0.25) is 5.91 Å². The number of carbonyl (C=O) groups excluding carboxylic acids is 2. The van der Waals surface area contributed by atoms with E-state index in [1.54, 1.807) is 6.07 Å². The number of fused-ring (bicyclic) bond motifs is 1. The fourth-order valence-corrected chi connectivity index (χ4v) is 4.81. The molecule has 0 aliphatic rings. The van der Waals surface area contributed by atoms with Gasteiger partial charge in [-0.1, -0.05) is 54.1 Å². The van der Waals surface area contributed by atoms with Crippen LogP contribution in [0.3, 0.4) is 0 Å². The third-order valence-corrected chi connectivity index (χ3v) is 7.04. The Hall–Kier alpha value is -3.22. The highest BCUT2D eigenvalue weighted by atomic mass is 35.5. The first-order valence-electron chi connectivity index (χ1n) is 11.0. The van der Waals surface area contributed by atoms with Gasteiger partial charge in [0.25, 0.3) is 5.91 Å². The molecule has 0 fully saturated rings. The normalized spacial score (nSPS) is 10.9. The monoisotopic (exact) mass is 491 g/mol. The summed E-state index contributed by atoms with van der Waals surface area (Å²) >= 11 is 7.65. The molecule has 2 amide bonds. The molecular weight excluding hydrogens is 466 g/mol. The standard InChI is InChI=1S/C27H26ClN3O2S/c1-18-7-3-4-8-21(18)27(33)29-13-14-31-16-25(22-9-5-6-10-24(22)31)34-17-26(32)30-20-12-11-19(2)23(28)15-20/h3-12,15-16H,13-14,17H2,1-2H3,(H,29,33)(H,30,32). The van der Waals surface area contributed by atoms with Crippen LogP contribution in [-0.2, 0) is 11.3 Å². The minimum atomic E-state index is -0.0905. The van der Waals surface area contributed by atoms with E-state index < -0.39 is 0 Å². The van der Waals surface area contributed by atoms with E-state index in [0.717, 1.165) is 26.9 Å². The molecule has 34 heavy (non-hydrogen) atoms. The SMILES string of the molecule is Cc1ccc(NC(=O)CSc2cn(CCNC(=O)c3ccccc3C)c3ccccc23)cc1Cl. The second-order valence-corrected chi connectivity index (χ2v) is 9.50. The largest absolute Gasteiger partial charge is 0.350 e. The van der Waals surface area contributed by atoms with Crippen molar-refractivity contribution in [2.45, 2.75) is 25.3 Å². The molecule has 174 valence electrons. The van der Waals surface area contributed by atoms with Crippen LogP contribution in [0.15, 0.2) is 77.8 Å². The van der Waals surface area contributed by atoms with Gasteiger partial charge in [0.1, 0.15) is 0 Å². The van der Waals surface area contributed by atoms with Gasteiger partial charge in [-0.3, -0.25) is 9.59 Å². The molecule has 0 atom stereocenters. The number of carbonyl (C=O) groups is 2. The highest BCUT2D eigenvalue weighted by Gasteiger charge is 2.12. The Bertz CT molecular complexity index is 1350. The average Bonchev–Trinajstić information content (AvgIpc) is 3.18. The van der Waals surface area contributed by atoms with Crippen molar-refractivity contribution < 1.29 is 9.59 Å². The number of thioether (sulfide) groups is 1. The van der Waals surface area contributed by atoms with Crippen LogP contribution in [0.2, 0.25) is 5.02 Å². The lowest BCUT2D eigenvalue weighted by atomic mass is 10.1. The molecular formula is C27H26ClN3O2S. The predicted molar refractivity (Wildman–Crippen MR) is 141 cm³/mol. The summed E-state index contributed by atoms with van der Waals surface area (Å²) in [5.41, 5.74) is 4.37. The van der Waals surface area contributed by atoms with Gasteiger partial charge in [-0.05, 0) is 49.2 Å². The Morgan fingerprint density at radius 1 is 0.971 bits per heavy atom. The Labute approximate surface area is 208 Å². The molecule has 0 unspecified atom stereocenters. The summed E-state index contributed by atoms with van der Waals surface area (Å²) in [5.74, 6) is 0.119. The zero-order valence-electron chi connectivity index (χ0n) is 19.1. The van der Waals surface area contributed by atoms with E-state index in [4.69, 9.17) is 11.6 Å². The number of halogens is 1. The maximum atomic E-state index is 12.5. The fraction of sp³-hybridized carbons (Fsp3) is 0.185. The zero-order chi connectivity index (χ0) is 24.1. The number of para-hydroxylation sites is 1. The van der Waals surface area contributed by atoms with Gasteiger partial charge in [0.15, 0.2) is 0 Å². The van der Waals surface area contributed by atoms with E-state index in [1.165, 1.54) is 11.8 Å². The molecule has 1 heterocycles. The van der Waals surface area contributed by atoms with Crippen molar-refractivity contribution in [3.8, 4) is 0 Å². The van der Waals surface area contributed by atoms with Crippen LogP contribution in [0.5, 0.6) is 0 Å². The van der Waals surface area contributed by atoms with E-state index in [0.29, 0.717) is 29.4 Å². The number of rotatable bonds is 8. The third kappa shape index (κ3) is 5.64. The number of benzene rings is 3. The molecule has 3 aromatic carbocycles.